The lowest BCUT2D eigenvalue weighted by Gasteiger charge is -2.42. The summed E-state index contributed by atoms with van der Waals surface area (Å²) < 4.78 is 10.5. The Kier molecular flexibility index (Phi) is 9.61. The van der Waals surface area contributed by atoms with Crippen LogP contribution in [0.4, 0.5) is 5.69 Å². The number of hydroxylamine groups is 1. The number of carbonyl (C=O) groups is 1. The van der Waals surface area contributed by atoms with Gasteiger partial charge in [0.05, 0.1) is 32.5 Å². The largest absolute Gasteiger partial charge is 0.497 e. The monoisotopic (exact) mass is 495 g/mol. The number of ether oxygens (including phenoxy) is 2. The van der Waals surface area contributed by atoms with Gasteiger partial charge in [-0.1, -0.05) is 44.2 Å². The number of amides is 1. The van der Waals surface area contributed by atoms with Crippen molar-refractivity contribution in [3.05, 3.63) is 60.2 Å². The van der Waals surface area contributed by atoms with Crippen LogP contribution in [0.15, 0.2) is 54.6 Å². The fourth-order valence-corrected chi connectivity index (χ4v) is 5.01. The van der Waals surface area contributed by atoms with Gasteiger partial charge in [0.2, 0.25) is 0 Å². The second kappa shape index (κ2) is 13.1. The second-order valence-corrected chi connectivity index (χ2v) is 10.4. The number of hydrogen-bond donors (Lipinski definition) is 1. The van der Waals surface area contributed by atoms with Gasteiger partial charge in [0.15, 0.2) is 0 Å². The van der Waals surface area contributed by atoms with Crippen molar-refractivity contribution in [2.45, 2.75) is 57.8 Å². The van der Waals surface area contributed by atoms with Gasteiger partial charge in [-0.2, -0.15) is 0 Å². The summed E-state index contributed by atoms with van der Waals surface area (Å²) in [4.78, 5) is 22.4. The summed E-state index contributed by atoms with van der Waals surface area (Å²) in [5.74, 6) is 1.15. The number of nitrogens with one attached hydrogen (secondary N) is 1. The summed E-state index contributed by atoms with van der Waals surface area (Å²) in [7, 11) is 1.68. The molecule has 7 nitrogen and oxygen atoms in total. The van der Waals surface area contributed by atoms with Crippen molar-refractivity contribution in [3.63, 3.8) is 0 Å². The number of nitrogens with zero attached hydrogens (tertiary/aromatic N) is 2. The van der Waals surface area contributed by atoms with E-state index in [1.165, 1.54) is 30.5 Å². The standard InChI is InChI=1S/C24H33N3O3.C5H8O/c1-19(2)18-30-25-24(28)17-27-14-13-26(21-9-11-23(29-3)12-10-21)16-22(27)15-20-7-5-4-6-8-20;1-2-5-3-4(1)6-5/h4-12,19,22H,13-18H2,1-3H3,(H,25,28);4-5H,1-3H2. The third-order valence-corrected chi connectivity index (χ3v) is 7.03. The summed E-state index contributed by atoms with van der Waals surface area (Å²) in [5, 5.41) is 0. The van der Waals surface area contributed by atoms with Gasteiger partial charge in [0, 0.05) is 31.4 Å². The normalized spacial score (nSPS) is 23.0. The maximum Gasteiger partial charge on any atom is 0.257 e. The molecule has 3 heterocycles. The number of carbonyl (C=O) groups excluding carboxylic acids is 1. The highest BCUT2D eigenvalue weighted by atomic mass is 16.7. The smallest absolute Gasteiger partial charge is 0.257 e. The van der Waals surface area contributed by atoms with Crippen LogP contribution in [-0.2, 0) is 20.8 Å². The van der Waals surface area contributed by atoms with Gasteiger partial charge in [-0.3, -0.25) is 14.5 Å². The number of benzene rings is 2. The van der Waals surface area contributed by atoms with E-state index in [1.54, 1.807) is 7.11 Å². The SMILES string of the molecule is C1CC2CC1O2.COc1ccc(N2CCN(CC(=O)NOCC(C)C)C(Cc3ccccc3)C2)cc1. The summed E-state index contributed by atoms with van der Waals surface area (Å²) in [6.45, 7) is 7.53. The molecule has 1 N–H and O–H groups in total. The first-order chi connectivity index (χ1) is 17.5. The number of anilines is 1. The van der Waals surface area contributed by atoms with Crippen LogP contribution in [-0.4, -0.2) is 69.0 Å². The Bertz CT molecular complexity index is 918. The zero-order valence-corrected chi connectivity index (χ0v) is 21.9. The lowest BCUT2D eigenvalue weighted by molar-refractivity contribution is -0.136. The first kappa shape index (κ1) is 26.5. The van der Waals surface area contributed by atoms with Crippen LogP contribution < -0.4 is 15.1 Å². The topological polar surface area (TPSA) is 63.3 Å². The summed E-state index contributed by atoms with van der Waals surface area (Å²) >= 11 is 0. The molecule has 0 aromatic heterocycles. The highest BCUT2D eigenvalue weighted by Gasteiger charge is 2.36. The van der Waals surface area contributed by atoms with Crippen molar-refractivity contribution >= 4 is 11.6 Å². The van der Waals surface area contributed by atoms with E-state index in [0.29, 0.717) is 31.3 Å². The average molecular weight is 496 g/mol. The van der Waals surface area contributed by atoms with Crippen molar-refractivity contribution < 1.29 is 19.1 Å². The molecule has 2 aromatic carbocycles. The molecule has 1 amide bonds. The maximum absolute atomic E-state index is 12.4. The Morgan fingerprint density at radius 1 is 1.06 bits per heavy atom. The molecule has 196 valence electrons. The molecule has 2 aromatic rings. The lowest BCUT2D eigenvalue weighted by Crippen LogP contribution is -2.56. The molecule has 6 rings (SSSR count). The summed E-state index contributed by atoms with van der Waals surface area (Å²) in [6.07, 6.45) is 6.31. The molecule has 3 unspecified atom stereocenters. The fourth-order valence-electron chi connectivity index (χ4n) is 5.01. The predicted molar refractivity (Wildman–Crippen MR) is 142 cm³/mol. The van der Waals surface area contributed by atoms with Gasteiger partial charge in [-0.05, 0) is 61.4 Å². The van der Waals surface area contributed by atoms with Gasteiger partial charge >= 0.3 is 0 Å². The van der Waals surface area contributed by atoms with Crippen LogP contribution in [0.5, 0.6) is 5.75 Å². The molecule has 0 radical (unpaired) electrons. The first-order valence-corrected chi connectivity index (χ1v) is 13.2. The Morgan fingerprint density at radius 2 is 1.75 bits per heavy atom. The Labute approximate surface area is 215 Å². The maximum atomic E-state index is 12.4. The quantitative estimate of drug-likeness (QED) is 0.529. The van der Waals surface area contributed by atoms with Crippen molar-refractivity contribution in [1.82, 2.24) is 10.4 Å². The van der Waals surface area contributed by atoms with Gasteiger partial charge in [0.25, 0.3) is 5.91 Å². The minimum Gasteiger partial charge on any atom is -0.497 e. The number of fused-ring (bicyclic) bond motifs is 1. The van der Waals surface area contributed by atoms with E-state index >= 15 is 0 Å². The molecular formula is C29H41N3O4. The zero-order valence-electron chi connectivity index (χ0n) is 21.9. The molecule has 7 heteroatoms. The number of rotatable bonds is 9. The van der Waals surface area contributed by atoms with E-state index in [4.69, 9.17) is 14.3 Å². The Morgan fingerprint density at radius 3 is 2.33 bits per heavy atom. The number of piperazine rings is 1. The third-order valence-electron chi connectivity index (χ3n) is 7.03. The number of hydrogen-bond acceptors (Lipinski definition) is 6. The van der Waals surface area contributed by atoms with E-state index in [-0.39, 0.29) is 11.9 Å². The van der Waals surface area contributed by atoms with Crippen LogP contribution in [0, 0.1) is 5.92 Å². The van der Waals surface area contributed by atoms with Crippen LogP contribution in [0.3, 0.4) is 0 Å². The van der Waals surface area contributed by atoms with Crippen molar-refractivity contribution in [3.8, 4) is 5.75 Å². The molecule has 3 atom stereocenters. The number of methoxy groups -OCH3 is 1. The lowest BCUT2D eigenvalue weighted by atomic mass is 10.0. The van der Waals surface area contributed by atoms with E-state index in [9.17, 15) is 4.79 Å². The van der Waals surface area contributed by atoms with Crippen LogP contribution in [0.25, 0.3) is 0 Å². The summed E-state index contributed by atoms with van der Waals surface area (Å²) in [5.41, 5.74) is 5.05. The summed E-state index contributed by atoms with van der Waals surface area (Å²) in [6, 6.07) is 18.9. The Hall–Kier alpha value is -2.61. The molecule has 0 spiro atoms. The zero-order chi connectivity index (χ0) is 25.3. The first-order valence-electron chi connectivity index (χ1n) is 13.2. The van der Waals surface area contributed by atoms with Gasteiger partial charge in [-0.15, -0.1) is 0 Å². The van der Waals surface area contributed by atoms with E-state index in [2.05, 4.69) is 65.5 Å². The van der Waals surface area contributed by atoms with Crippen molar-refractivity contribution in [2.75, 3.05) is 44.8 Å². The fraction of sp³-hybridized carbons (Fsp3) is 0.552. The minimum atomic E-state index is -0.0911. The molecular weight excluding hydrogens is 454 g/mol. The van der Waals surface area contributed by atoms with Gasteiger partial charge in [0.1, 0.15) is 5.75 Å². The molecule has 3 aliphatic heterocycles. The van der Waals surface area contributed by atoms with E-state index < -0.39 is 0 Å². The molecule has 4 fully saturated rings. The van der Waals surface area contributed by atoms with Gasteiger partial charge < -0.3 is 14.4 Å². The molecule has 2 bridgehead atoms. The van der Waals surface area contributed by atoms with E-state index in [0.717, 1.165) is 31.8 Å². The highest BCUT2D eigenvalue weighted by Crippen LogP contribution is 2.36. The van der Waals surface area contributed by atoms with Crippen molar-refractivity contribution in [1.29, 1.82) is 0 Å². The predicted octanol–water partition coefficient (Wildman–Crippen LogP) is 4.07. The van der Waals surface area contributed by atoms with Crippen LogP contribution in [0.1, 0.15) is 38.7 Å². The van der Waals surface area contributed by atoms with Crippen LogP contribution in [0.2, 0.25) is 0 Å². The van der Waals surface area contributed by atoms with Crippen LogP contribution >= 0.6 is 0 Å². The Balaban J connectivity index is 0.000000434. The third kappa shape index (κ3) is 7.69. The molecule has 4 aliphatic rings. The molecule has 1 aliphatic carbocycles. The van der Waals surface area contributed by atoms with E-state index in [1.807, 2.05) is 18.2 Å². The second-order valence-electron chi connectivity index (χ2n) is 10.4. The minimum absolute atomic E-state index is 0.0911. The van der Waals surface area contributed by atoms with Gasteiger partial charge in [-0.25, -0.2) is 5.48 Å². The van der Waals surface area contributed by atoms with Crippen molar-refractivity contribution in [2.24, 2.45) is 5.92 Å². The molecule has 3 saturated heterocycles. The highest BCUT2D eigenvalue weighted by molar-refractivity contribution is 5.77. The molecule has 1 saturated carbocycles. The molecule has 36 heavy (non-hydrogen) atoms. The average Bonchev–Trinajstić information content (AvgIpc) is 3.53.